The highest BCUT2D eigenvalue weighted by atomic mass is 79.9. The van der Waals surface area contributed by atoms with Gasteiger partial charge in [-0.2, -0.15) is 5.10 Å². The predicted molar refractivity (Wildman–Crippen MR) is 39.7 cm³/mol. The lowest BCUT2D eigenvalue weighted by Gasteiger charge is -1.93. The Morgan fingerprint density at radius 1 is 1.90 bits per heavy atom. The van der Waals surface area contributed by atoms with Gasteiger partial charge in [-0.15, -0.1) is 0 Å². The Morgan fingerprint density at radius 2 is 2.70 bits per heavy atom. The molecule has 1 unspecified atom stereocenters. The molecule has 3 nitrogen and oxygen atoms in total. The predicted octanol–water partition coefficient (Wildman–Crippen LogP) is 1.04. The molecule has 1 fully saturated rings. The highest BCUT2D eigenvalue weighted by Crippen LogP contribution is 2.13. The molecule has 1 aliphatic heterocycles. The van der Waals surface area contributed by atoms with Gasteiger partial charge in [0.15, 0.2) is 0 Å². The minimum absolute atomic E-state index is 0.409. The second-order valence-electron chi connectivity index (χ2n) is 2.34. The van der Waals surface area contributed by atoms with Crippen LogP contribution in [0.4, 0.5) is 0 Å². The van der Waals surface area contributed by atoms with Crippen LogP contribution >= 0.6 is 15.9 Å². The third-order valence-electron chi connectivity index (χ3n) is 1.39. The monoisotopic (exact) mass is 202 g/mol. The SMILES string of the molecule is Brc1cnn(CC2CO2)c1. The average Bonchev–Trinajstić information content (AvgIpc) is 2.59. The van der Waals surface area contributed by atoms with Gasteiger partial charge in [0.2, 0.25) is 0 Å². The van der Waals surface area contributed by atoms with E-state index in [1.54, 1.807) is 6.20 Å². The Hall–Kier alpha value is -0.350. The molecule has 0 radical (unpaired) electrons. The van der Waals surface area contributed by atoms with E-state index in [0.29, 0.717) is 6.10 Å². The van der Waals surface area contributed by atoms with Crippen LogP contribution in [-0.4, -0.2) is 22.5 Å². The Kier molecular flexibility index (Phi) is 1.50. The maximum atomic E-state index is 5.05. The maximum Gasteiger partial charge on any atom is 0.100 e. The fraction of sp³-hybridized carbons (Fsp3) is 0.500. The summed E-state index contributed by atoms with van der Waals surface area (Å²) in [6, 6.07) is 0. The molecule has 54 valence electrons. The van der Waals surface area contributed by atoms with Crippen molar-refractivity contribution >= 4 is 15.9 Å². The van der Waals surface area contributed by atoms with Crippen molar-refractivity contribution in [1.29, 1.82) is 0 Å². The molecule has 0 bridgehead atoms. The highest BCUT2D eigenvalue weighted by Gasteiger charge is 2.22. The number of nitrogens with zero attached hydrogens (tertiary/aromatic N) is 2. The van der Waals surface area contributed by atoms with Crippen LogP contribution in [0.15, 0.2) is 16.9 Å². The second kappa shape index (κ2) is 2.36. The van der Waals surface area contributed by atoms with Gasteiger partial charge < -0.3 is 4.74 Å². The first-order valence-corrected chi connectivity index (χ1v) is 3.93. The molecule has 2 heterocycles. The summed E-state index contributed by atoms with van der Waals surface area (Å²) in [5.41, 5.74) is 0. The summed E-state index contributed by atoms with van der Waals surface area (Å²) < 4.78 is 7.94. The van der Waals surface area contributed by atoms with Crippen molar-refractivity contribution in [2.45, 2.75) is 12.6 Å². The summed E-state index contributed by atoms with van der Waals surface area (Å²) in [5.74, 6) is 0. The Balaban J connectivity index is 2.03. The molecule has 0 N–H and O–H groups in total. The van der Waals surface area contributed by atoms with Crippen molar-refractivity contribution in [3.63, 3.8) is 0 Å². The summed E-state index contributed by atoms with van der Waals surface area (Å²) >= 11 is 3.32. The summed E-state index contributed by atoms with van der Waals surface area (Å²) in [6.07, 6.45) is 4.14. The zero-order valence-electron chi connectivity index (χ0n) is 5.33. The number of epoxide rings is 1. The lowest BCUT2D eigenvalue weighted by Crippen LogP contribution is -2.03. The first-order valence-electron chi connectivity index (χ1n) is 3.14. The summed E-state index contributed by atoms with van der Waals surface area (Å²) in [4.78, 5) is 0. The van der Waals surface area contributed by atoms with Gasteiger partial charge in [0.1, 0.15) is 6.10 Å². The van der Waals surface area contributed by atoms with Gasteiger partial charge in [-0.3, -0.25) is 4.68 Å². The zero-order valence-corrected chi connectivity index (χ0v) is 6.91. The van der Waals surface area contributed by atoms with Crippen LogP contribution in [0.25, 0.3) is 0 Å². The average molecular weight is 203 g/mol. The Morgan fingerprint density at radius 3 is 3.20 bits per heavy atom. The minimum atomic E-state index is 0.409. The van der Waals surface area contributed by atoms with Gasteiger partial charge in [-0.25, -0.2) is 0 Å². The summed E-state index contributed by atoms with van der Waals surface area (Å²) in [7, 11) is 0. The number of halogens is 1. The number of hydrogen-bond donors (Lipinski definition) is 0. The zero-order chi connectivity index (χ0) is 6.97. The van der Waals surface area contributed by atoms with Gasteiger partial charge >= 0.3 is 0 Å². The molecular formula is C6H7BrN2O. The van der Waals surface area contributed by atoms with Gasteiger partial charge in [-0.1, -0.05) is 0 Å². The summed E-state index contributed by atoms with van der Waals surface area (Å²) in [5, 5.41) is 4.09. The van der Waals surface area contributed by atoms with Gasteiger partial charge in [0, 0.05) is 6.20 Å². The lowest BCUT2D eigenvalue weighted by atomic mass is 10.5. The molecule has 1 atom stereocenters. The van der Waals surface area contributed by atoms with Crippen LogP contribution in [0, 0.1) is 0 Å². The molecule has 0 amide bonds. The van der Waals surface area contributed by atoms with E-state index in [1.165, 1.54) is 0 Å². The smallest absolute Gasteiger partial charge is 0.100 e. The van der Waals surface area contributed by atoms with Crippen molar-refractivity contribution in [2.75, 3.05) is 6.61 Å². The van der Waals surface area contributed by atoms with Crippen LogP contribution in [-0.2, 0) is 11.3 Å². The largest absolute Gasteiger partial charge is 0.371 e. The molecule has 1 aromatic rings. The van der Waals surface area contributed by atoms with Crippen LogP contribution in [0.2, 0.25) is 0 Å². The normalized spacial score (nSPS) is 23.1. The molecular weight excluding hydrogens is 196 g/mol. The van der Waals surface area contributed by atoms with Crippen molar-refractivity contribution in [3.8, 4) is 0 Å². The molecule has 1 saturated heterocycles. The van der Waals surface area contributed by atoms with Gasteiger partial charge in [-0.05, 0) is 15.9 Å². The molecule has 2 rings (SSSR count). The van der Waals surface area contributed by atoms with Crippen molar-refractivity contribution < 1.29 is 4.74 Å². The second-order valence-corrected chi connectivity index (χ2v) is 3.25. The molecule has 1 aromatic heterocycles. The Labute approximate surface area is 67.1 Å². The van der Waals surface area contributed by atoms with E-state index in [2.05, 4.69) is 21.0 Å². The third kappa shape index (κ3) is 1.38. The molecule has 4 heteroatoms. The Bertz CT molecular complexity index is 231. The van der Waals surface area contributed by atoms with Gasteiger partial charge in [0.25, 0.3) is 0 Å². The van der Waals surface area contributed by atoms with E-state index in [9.17, 15) is 0 Å². The van der Waals surface area contributed by atoms with Gasteiger partial charge in [0.05, 0.1) is 23.8 Å². The molecule has 1 aliphatic rings. The van der Waals surface area contributed by atoms with Crippen molar-refractivity contribution in [1.82, 2.24) is 9.78 Å². The molecule has 0 aromatic carbocycles. The van der Waals surface area contributed by atoms with Crippen LogP contribution in [0.5, 0.6) is 0 Å². The van der Waals surface area contributed by atoms with E-state index < -0.39 is 0 Å². The van der Waals surface area contributed by atoms with Crippen molar-refractivity contribution in [2.24, 2.45) is 0 Å². The number of rotatable bonds is 2. The highest BCUT2D eigenvalue weighted by molar-refractivity contribution is 9.10. The molecule has 0 spiro atoms. The first kappa shape index (κ1) is 6.37. The number of aromatic nitrogens is 2. The van der Waals surface area contributed by atoms with E-state index in [4.69, 9.17) is 4.74 Å². The van der Waals surface area contributed by atoms with Crippen LogP contribution in [0.1, 0.15) is 0 Å². The molecule has 0 saturated carbocycles. The number of hydrogen-bond acceptors (Lipinski definition) is 2. The fourth-order valence-corrected chi connectivity index (χ4v) is 1.15. The van der Waals surface area contributed by atoms with E-state index in [1.807, 2.05) is 10.9 Å². The minimum Gasteiger partial charge on any atom is -0.371 e. The topological polar surface area (TPSA) is 30.4 Å². The maximum absolute atomic E-state index is 5.05. The standard InChI is InChI=1S/C6H7BrN2O/c7-5-1-8-9(2-5)3-6-4-10-6/h1-2,6H,3-4H2. The van der Waals surface area contributed by atoms with Crippen molar-refractivity contribution in [3.05, 3.63) is 16.9 Å². The third-order valence-corrected chi connectivity index (χ3v) is 1.80. The molecule has 10 heavy (non-hydrogen) atoms. The van der Waals surface area contributed by atoms with E-state index in [0.717, 1.165) is 17.6 Å². The van der Waals surface area contributed by atoms with E-state index >= 15 is 0 Å². The summed E-state index contributed by atoms with van der Waals surface area (Å²) in [6.45, 7) is 1.77. The first-order chi connectivity index (χ1) is 4.84. The van der Waals surface area contributed by atoms with Crippen LogP contribution < -0.4 is 0 Å². The fourth-order valence-electron chi connectivity index (χ4n) is 0.820. The number of ether oxygens (including phenoxy) is 1. The van der Waals surface area contributed by atoms with E-state index in [-0.39, 0.29) is 0 Å². The molecule has 0 aliphatic carbocycles. The van der Waals surface area contributed by atoms with Crippen LogP contribution in [0.3, 0.4) is 0 Å². The quantitative estimate of drug-likeness (QED) is 0.672. The lowest BCUT2D eigenvalue weighted by molar-refractivity contribution is 0.373.